The minimum absolute atomic E-state index is 0.0544. The zero-order chi connectivity index (χ0) is 26.6. The highest BCUT2D eigenvalue weighted by Gasteiger charge is 2.31. The van der Waals surface area contributed by atoms with Gasteiger partial charge in [0.15, 0.2) is 0 Å². The number of nitrogens with zero attached hydrogens (tertiary/aromatic N) is 5. The molecule has 1 saturated heterocycles. The molecule has 0 spiro atoms. The molecule has 3 aromatic heterocycles. The summed E-state index contributed by atoms with van der Waals surface area (Å²) in [6, 6.07) is 16.9. The smallest absolute Gasteiger partial charge is 0.0960 e. The van der Waals surface area contributed by atoms with E-state index in [1.54, 1.807) is 18.5 Å². The highest BCUT2D eigenvalue weighted by molar-refractivity contribution is 6.32. The fourth-order valence-electron chi connectivity index (χ4n) is 5.99. The zero-order valence-corrected chi connectivity index (χ0v) is 22.9. The summed E-state index contributed by atoms with van der Waals surface area (Å²) in [7, 11) is 1.90. The lowest BCUT2D eigenvalue weighted by Gasteiger charge is -2.33. The van der Waals surface area contributed by atoms with Crippen molar-refractivity contribution in [1.29, 1.82) is 0 Å². The molecule has 8 heteroatoms. The normalized spacial score (nSPS) is 15.9. The van der Waals surface area contributed by atoms with Crippen LogP contribution in [0.5, 0.6) is 0 Å². The van der Waals surface area contributed by atoms with Gasteiger partial charge in [-0.1, -0.05) is 47.1 Å². The average Bonchev–Trinajstić information content (AvgIpc) is 3.40. The first kappa shape index (κ1) is 25.0. The number of aryl methyl sites for hydroxylation is 2. The number of aromatic nitrogens is 5. The molecule has 0 amide bonds. The van der Waals surface area contributed by atoms with Gasteiger partial charge in [0.25, 0.3) is 0 Å². The fourth-order valence-corrected chi connectivity index (χ4v) is 6.39. The average molecular weight is 530 g/mol. The van der Waals surface area contributed by atoms with Crippen LogP contribution in [-0.2, 0) is 17.4 Å². The molecule has 1 N–H and O–H groups in total. The summed E-state index contributed by atoms with van der Waals surface area (Å²) < 4.78 is 9.97. The van der Waals surface area contributed by atoms with Crippen molar-refractivity contribution in [3.8, 4) is 11.3 Å². The zero-order valence-electron chi connectivity index (χ0n) is 22.1. The monoisotopic (exact) mass is 529 g/mol. The van der Waals surface area contributed by atoms with Crippen molar-refractivity contribution < 1.29 is 9.84 Å². The molecule has 0 saturated carbocycles. The van der Waals surface area contributed by atoms with Gasteiger partial charge < -0.3 is 14.4 Å². The standard InChI is InChI=1S/C30H32ClN5O2/c1-18-28(35(4)34-33-18)21-14-26-27(32-17-21)22-15-24(31)23(30(2,3)37)16-25(22)36(26)29(19-8-6-5-7-9-19)20-10-12-38-13-11-20/h5-9,14-17,20,29,37H,10-13H2,1-4H3. The summed E-state index contributed by atoms with van der Waals surface area (Å²) in [6.45, 7) is 7.00. The second kappa shape index (κ2) is 9.49. The summed E-state index contributed by atoms with van der Waals surface area (Å²) in [5, 5.41) is 21.0. The maximum absolute atomic E-state index is 11.0. The van der Waals surface area contributed by atoms with Crippen LogP contribution in [0.25, 0.3) is 33.2 Å². The van der Waals surface area contributed by atoms with Gasteiger partial charge in [-0.05, 0) is 63.3 Å². The molecule has 0 bridgehead atoms. The molecule has 196 valence electrons. The van der Waals surface area contributed by atoms with Gasteiger partial charge in [-0.25, -0.2) is 4.68 Å². The van der Waals surface area contributed by atoms with Gasteiger partial charge in [0.1, 0.15) is 0 Å². The van der Waals surface area contributed by atoms with Gasteiger partial charge in [0, 0.05) is 48.0 Å². The Balaban J connectivity index is 1.72. The third-order valence-corrected chi connectivity index (χ3v) is 8.10. The molecule has 1 atom stereocenters. The van der Waals surface area contributed by atoms with Crippen LogP contribution in [0.2, 0.25) is 5.02 Å². The van der Waals surface area contributed by atoms with E-state index in [2.05, 4.69) is 51.3 Å². The summed E-state index contributed by atoms with van der Waals surface area (Å²) in [4.78, 5) is 4.99. The first-order valence-corrected chi connectivity index (χ1v) is 13.5. The van der Waals surface area contributed by atoms with E-state index in [9.17, 15) is 5.11 Å². The van der Waals surface area contributed by atoms with Crippen molar-refractivity contribution in [2.24, 2.45) is 13.0 Å². The Hall–Kier alpha value is -3.26. The molecule has 1 unspecified atom stereocenters. The maximum Gasteiger partial charge on any atom is 0.0960 e. The van der Waals surface area contributed by atoms with E-state index in [4.69, 9.17) is 21.3 Å². The van der Waals surface area contributed by atoms with Crippen molar-refractivity contribution >= 4 is 33.5 Å². The minimum Gasteiger partial charge on any atom is -0.386 e. The van der Waals surface area contributed by atoms with Crippen molar-refractivity contribution in [2.75, 3.05) is 13.2 Å². The second-order valence-electron chi connectivity index (χ2n) is 10.8. The third-order valence-electron chi connectivity index (χ3n) is 7.79. The van der Waals surface area contributed by atoms with E-state index in [-0.39, 0.29) is 6.04 Å². The SMILES string of the molecule is Cc1nnn(C)c1-c1cnc2c3cc(Cl)c(C(C)(C)O)cc3n(C(c3ccccc3)C3CCOCC3)c2c1. The number of hydrogen-bond donors (Lipinski definition) is 1. The first-order valence-electron chi connectivity index (χ1n) is 13.1. The number of fused-ring (bicyclic) bond motifs is 3. The molecular formula is C30H32ClN5O2. The predicted molar refractivity (Wildman–Crippen MR) is 150 cm³/mol. The van der Waals surface area contributed by atoms with E-state index in [0.717, 1.165) is 64.9 Å². The van der Waals surface area contributed by atoms with Crippen molar-refractivity contribution in [3.63, 3.8) is 0 Å². The fraction of sp³-hybridized carbons (Fsp3) is 0.367. The number of halogens is 1. The van der Waals surface area contributed by atoms with Gasteiger partial charge in [-0.2, -0.15) is 0 Å². The Kier molecular flexibility index (Phi) is 6.25. The van der Waals surface area contributed by atoms with Crippen LogP contribution < -0.4 is 0 Å². The predicted octanol–water partition coefficient (Wildman–Crippen LogP) is 6.19. The second-order valence-corrected chi connectivity index (χ2v) is 11.2. The van der Waals surface area contributed by atoms with Crippen LogP contribution in [0.1, 0.15) is 49.6 Å². The van der Waals surface area contributed by atoms with Crippen LogP contribution in [0.3, 0.4) is 0 Å². The van der Waals surface area contributed by atoms with Crippen LogP contribution in [-0.4, -0.2) is 42.9 Å². The molecule has 2 aromatic carbocycles. The largest absolute Gasteiger partial charge is 0.386 e. The van der Waals surface area contributed by atoms with Gasteiger partial charge >= 0.3 is 0 Å². The van der Waals surface area contributed by atoms with Gasteiger partial charge in [-0.15, -0.1) is 5.10 Å². The molecule has 1 aliphatic rings. The van der Waals surface area contributed by atoms with Crippen LogP contribution in [0, 0.1) is 12.8 Å². The van der Waals surface area contributed by atoms with Crippen LogP contribution >= 0.6 is 11.6 Å². The first-order chi connectivity index (χ1) is 18.2. The van der Waals surface area contributed by atoms with Gasteiger partial charge in [0.05, 0.1) is 39.6 Å². The number of rotatable bonds is 5. The van der Waals surface area contributed by atoms with Crippen LogP contribution in [0.15, 0.2) is 54.7 Å². The maximum atomic E-state index is 11.0. The molecule has 5 aromatic rings. The molecule has 7 nitrogen and oxygen atoms in total. The Labute approximate surface area is 227 Å². The van der Waals surface area contributed by atoms with Crippen LogP contribution in [0.4, 0.5) is 0 Å². The quantitative estimate of drug-likeness (QED) is 0.294. The molecule has 1 fully saturated rings. The Morgan fingerprint density at radius 2 is 1.82 bits per heavy atom. The lowest BCUT2D eigenvalue weighted by molar-refractivity contribution is 0.0552. The summed E-state index contributed by atoms with van der Waals surface area (Å²) in [5.74, 6) is 0.370. The van der Waals surface area contributed by atoms with E-state index in [1.807, 2.05) is 32.3 Å². The molecule has 0 aliphatic carbocycles. The number of aliphatic hydroxyl groups is 1. The minimum atomic E-state index is -1.09. The van der Waals surface area contributed by atoms with Gasteiger partial charge in [0.2, 0.25) is 0 Å². The highest BCUT2D eigenvalue weighted by Crippen LogP contribution is 2.43. The van der Waals surface area contributed by atoms with E-state index < -0.39 is 5.60 Å². The van der Waals surface area contributed by atoms with E-state index in [1.165, 1.54) is 5.56 Å². The van der Waals surface area contributed by atoms with Crippen molar-refractivity contribution in [1.82, 2.24) is 24.5 Å². The summed E-state index contributed by atoms with van der Waals surface area (Å²) >= 11 is 6.76. The lowest BCUT2D eigenvalue weighted by Crippen LogP contribution is -2.27. The molecule has 38 heavy (non-hydrogen) atoms. The van der Waals surface area contributed by atoms with E-state index in [0.29, 0.717) is 16.5 Å². The topological polar surface area (TPSA) is 78.0 Å². The van der Waals surface area contributed by atoms with Gasteiger partial charge in [-0.3, -0.25) is 4.98 Å². The number of hydrogen-bond acceptors (Lipinski definition) is 5. The molecular weight excluding hydrogens is 498 g/mol. The summed E-state index contributed by atoms with van der Waals surface area (Å²) in [6.07, 6.45) is 3.82. The van der Waals surface area contributed by atoms with Crippen molar-refractivity contribution in [2.45, 2.75) is 45.3 Å². The number of benzene rings is 2. The molecule has 0 radical (unpaired) electrons. The Bertz CT molecular complexity index is 1610. The lowest BCUT2D eigenvalue weighted by atomic mass is 9.86. The molecule has 6 rings (SSSR count). The summed E-state index contributed by atoms with van der Waals surface area (Å²) in [5.41, 5.74) is 6.50. The molecule has 1 aliphatic heterocycles. The number of pyridine rings is 1. The van der Waals surface area contributed by atoms with E-state index >= 15 is 0 Å². The Morgan fingerprint density at radius 1 is 1.08 bits per heavy atom. The number of ether oxygens (including phenoxy) is 1. The van der Waals surface area contributed by atoms with Crippen molar-refractivity contribution in [3.05, 3.63) is 76.6 Å². The molecule has 4 heterocycles. The third kappa shape index (κ3) is 4.19. The highest BCUT2D eigenvalue weighted by atomic mass is 35.5. The Morgan fingerprint density at radius 3 is 2.47 bits per heavy atom.